The molecule has 0 unspecified atom stereocenters. The monoisotopic (exact) mass is 453 g/mol. The number of carbonyl (C=O) groups is 1. The van der Waals surface area contributed by atoms with Crippen molar-refractivity contribution in [1.29, 1.82) is 0 Å². The number of carbonyl (C=O) groups excluding carboxylic acids is 1. The first-order valence-corrected chi connectivity index (χ1v) is 11.7. The van der Waals surface area contributed by atoms with E-state index in [2.05, 4.69) is 41.5 Å². The molecule has 1 amide bonds. The van der Waals surface area contributed by atoms with E-state index in [1.807, 2.05) is 65.9 Å². The Bertz CT molecular complexity index is 1490. The van der Waals surface area contributed by atoms with Crippen LogP contribution in [0.3, 0.4) is 0 Å². The number of anilines is 1. The molecule has 164 valence electrons. The molecule has 3 aromatic carbocycles. The third kappa shape index (κ3) is 4.19. The molecule has 0 saturated heterocycles. The largest absolute Gasteiger partial charge is 0.325 e. The van der Waals surface area contributed by atoms with Gasteiger partial charge in [0.25, 0.3) is 0 Å². The molecule has 7 heteroatoms. The van der Waals surface area contributed by atoms with Crippen LogP contribution in [0, 0.1) is 20.8 Å². The number of aromatic nitrogens is 4. The Morgan fingerprint density at radius 2 is 1.73 bits per heavy atom. The van der Waals surface area contributed by atoms with Gasteiger partial charge < -0.3 is 5.32 Å². The van der Waals surface area contributed by atoms with Gasteiger partial charge in [0.1, 0.15) is 5.03 Å². The highest BCUT2D eigenvalue weighted by atomic mass is 32.2. The molecule has 0 saturated carbocycles. The lowest BCUT2D eigenvalue weighted by Crippen LogP contribution is -2.14. The van der Waals surface area contributed by atoms with Gasteiger partial charge >= 0.3 is 0 Å². The van der Waals surface area contributed by atoms with E-state index in [1.54, 1.807) is 0 Å². The number of rotatable bonds is 5. The van der Waals surface area contributed by atoms with Crippen LogP contribution in [-0.4, -0.2) is 31.2 Å². The second-order valence-corrected chi connectivity index (χ2v) is 9.05. The second kappa shape index (κ2) is 8.67. The highest BCUT2D eigenvalue weighted by Gasteiger charge is 2.17. The van der Waals surface area contributed by atoms with Crippen LogP contribution in [0.25, 0.3) is 28.1 Å². The lowest BCUT2D eigenvalue weighted by Gasteiger charge is -2.10. The lowest BCUT2D eigenvalue weighted by molar-refractivity contribution is -0.113. The van der Waals surface area contributed by atoms with Crippen LogP contribution in [0.5, 0.6) is 0 Å². The van der Waals surface area contributed by atoms with Crippen molar-refractivity contribution in [1.82, 2.24) is 19.6 Å². The molecule has 0 spiro atoms. The normalized spacial score (nSPS) is 11.2. The van der Waals surface area contributed by atoms with Crippen molar-refractivity contribution in [3.8, 4) is 11.4 Å². The van der Waals surface area contributed by atoms with Gasteiger partial charge in [0.15, 0.2) is 11.5 Å². The van der Waals surface area contributed by atoms with Crippen LogP contribution in [0.15, 0.2) is 71.8 Å². The van der Waals surface area contributed by atoms with Gasteiger partial charge in [-0.2, -0.15) is 0 Å². The van der Waals surface area contributed by atoms with Gasteiger partial charge in [-0.3, -0.25) is 9.20 Å². The van der Waals surface area contributed by atoms with Crippen LogP contribution in [0.2, 0.25) is 0 Å². The summed E-state index contributed by atoms with van der Waals surface area (Å²) in [7, 11) is 0. The zero-order chi connectivity index (χ0) is 22.9. The van der Waals surface area contributed by atoms with Crippen LogP contribution in [-0.2, 0) is 4.79 Å². The van der Waals surface area contributed by atoms with E-state index in [9.17, 15) is 4.79 Å². The molecule has 0 radical (unpaired) electrons. The number of hydrogen-bond acceptors (Lipinski definition) is 5. The van der Waals surface area contributed by atoms with E-state index in [0.717, 1.165) is 33.7 Å². The molecule has 6 nitrogen and oxygen atoms in total. The Kier molecular flexibility index (Phi) is 5.56. The highest BCUT2D eigenvalue weighted by molar-refractivity contribution is 8.00. The number of nitrogens with one attached hydrogen (secondary N) is 1. The third-order valence-electron chi connectivity index (χ3n) is 5.64. The zero-order valence-electron chi connectivity index (χ0n) is 18.7. The third-order valence-corrected chi connectivity index (χ3v) is 6.59. The summed E-state index contributed by atoms with van der Waals surface area (Å²) in [6, 6.07) is 22.0. The summed E-state index contributed by atoms with van der Waals surface area (Å²) < 4.78 is 2.02. The first-order valence-electron chi connectivity index (χ1n) is 10.7. The molecular weight excluding hydrogens is 430 g/mol. The van der Waals surface area contributed by atoms with E-state index in [-0.39, 0.29) is 11.7 Å². The maximum Gasteiger partial charge on any atom is 0.234 e. The summed E-state index contributed by atoms with van der Waals surface area (Å²) in [4.78, 5) is 17.4. The van der Waals surface area contributed by atoms with Crippen LogP contribution < -0.4 is 5.32 Å². The van der Waals surface area contributed by atoms with Gasteiger partial charge in [-0.25, -0.2) is 4.98 Å². The molecule has 0 aliphatic rings. The van der Waals surface area contributed by atoms with E-state index < -0.39 is 0 Å². The van der Waals surface area contributed by atoms with Gasteiger partial charge in [0.05, 0.1) is 16.8 Å². The van der Waals surface area contributed by atoms with Crippen LogP contribution in [0.4, 0.5) is 5.69 Å². The first kappa shape index (κ1) is 21.2. The maximum atomic E-state index is 12.6. The van der Waals surface area contributed by atoms with Crippen molar-refractivity contribution >= 4 is 40.0 Å². The molecule has 0 aliphatic carbocycles. The molecule has 0 aliphatic heterocycles. The van der Waals surface area contributed by atoms with Gasteiger partial charge in [0.2, 0.25) is 5.91 Å². The minimum Gasteiger partial charge on any atom is -0.325 e. The molecule has 5 rings (SSSR count). The quantitative estimate of drug-likeness (QED) is 0.351. The minimum absolute atomic E-state index is 0.0883. The maximum absolute atomic E-state index is 12.6. The highest BCUT2D eigenvalue weighted by Crippen LogP contribution is 2.29. The van der Waals surface area contributed by atoms with Crippen molar-refractivity contribution in [2.24, 2.45) is 0 Å². The number of nitrogens with zero attached hydrogens (tertiary/aromatic N) is 4. The predicted molar refractivity (Wildman–Crippen MR) is 134 cm³/mol. The average molecular weight is 454 g/mol. The summed E-state index contributed by atoms with van der Waals surface area (Å²) >= 11 is 1.36. The summed E-state index contributed by atoms with van der Waals surface area (Å²) in [5, 5.41) is 12.6. The first-order chi connectivity index (χ1) is 16.0. The van der Waals surface area contributed by atoms with Crippen LogP contribution in [0.1, 0.15) is 16.7 Å². The molecule has 2 aromatic heterocycles. The number of fused-ring (bicyclic) bond motifs is 3. The number of thioether (sulfide) groups is 1. The molecular formula is C26H23N5OS. The van der Waals surface area contributed by atoms with Gasteiger partial charge in [-0.1, -0.05) is 59.8 Å². The van der Waals surface area contributed by atoms with E-state index in [1.165, 1.54) is 22.9 Å². The number of hydrogen-bond donors (Lipinski definition) is 1. The summed E-state index contributed by atoms with van der Waals surface area (Å²) in [6.45, 7) is 6.14. The topological polar surface area (TPSA) is 72.2 Å². The summed E-state index contributed by atoms with van der Waals surface area (Å²) in [6.07, 6.45) is 0. The Morgan fingerprint density at radius 3 is 2.52 bits per heavy atom. The zero-order valence-corrected chi connectivity index (χ0v) is 19.5. The molecule has 0 fully saturated rings. The van der Waals surface area contributed by atoms with Crippen molar-refractivity contribution in [2.45, 2.75) is 25.8 Å². The Morgan fingerprint density at radius 1 is 0.939 bits per heavy atom. The molecule has 2 heterocycles. The molecule has 5 aromatic rings. The second-order valence-electron chi connectivity index (χ2n) is 8.09. The number of amides is 1. The molecule has 33 heavy (non-hydrogen) atoms. The fraction of sp³-hybridized carbons (Fsp3) is 0.154. The van der Waals surface area contributed by atoms with Crippen molar-refractivity contribution in [3.63, 3.8) is 0 Å². The Labute approximate surface area is 196 Å². The lowest BCUT2D eigenvalue weighted by atomic mass is 10.1. The predicted octanol–water partition coefficient (Wildman–Crippen LogP) is 5.60. The van der Waals surface area contributed by atoms with Crippen molar-refractivity contribution < 1.29 is 4.79 Å². The fourth-order valence-electron chi connectivity index (χ4n) is 3.69. The summed E-state index contributed by atoms with van der Waals surface area (Å²) in [5.74, 6) is 0.889. The van der Waals surface area contributed by atoms with E-state index in [0.29, 0.717) is 10.7 Å². The summed E-state index contributed by atoms with van der Waals surface area (Å²) in [5.41, 5.74) is 7.70. The van der Waals surface area contributed by atoms with E-state index >= 15 is 0 Å². The molecule has 0 bridgehead atoms. The number of aryl methyl sites for hydroxylation is 3. The fourth-order valence-corrected chi connectivity index (χ4v) is 4.46. The van der Waals surface area contributed by atoms with Crippen molar-refractivity contribution in [3.05, 3.63) is 83.4 Å². The number of para-hydroxylation sites is 2. The van der Waals surface area contributed by atoms with Crippen molar-refractivity contribution in [2.75, 3.05) is 11.1 Å². The van der Waals surface area contributed by atoms with Gasteiger partial charge in [0, 0.05) is 11.3 Å². The SMILES string of the molecule is Cc1ccc(-c2nnc3c(SCC(=O)Nc4ccc(C)c(C)c4)nc4ccccc4n23)cc1. The van der Waals surface area contributed by atoms with Gasteiger partial charge in [-0.05, 0) is 56.2 Å². The molecule has 1 N–H and O–H groups in total. The minimum atomic E-state index is -0.0883. The number of benzene rings is 3. The average Bonchev–Trinajstić information content (AvgIpc) is 3.26. The van der Waals surface area contributed by atoms with E-state index in [4.69, 9.17) is 4.98 Å². The smallest absolute Gasteiger partial charge is 0.234 e. The van der Waals surface area contributed by atoms with Gasteiger partial charge in [-0.15, -0.1) is 10.2 Å². The Hall–Kier alpha value is -3.71. The standard InChI is InChI=1S/C26H23N5OS/c1-16-8-11-19(12-9-16)24-29-30-25-26(28-21-6-4-5-7-22(21)31(24)25)33-15-23(32)27-20-13-10-17(2)18(3)14-20/h4-14H,15H2,1-3H3,(H,27,32). The van der Waals surface area contributed by atoms with Crippen LogP contribution >= 0.6 is 11.8 Å². The Balaban J connectivity index is 1.48. The molecule has 0 atom stereocenters.